The van der Waals surface area contributed by atoms with E-state index >= 15 is 0 Å². The lowest BCUT2D eigenvalue weighted by Crippen LogP contribution is -2.41. The Morgan fingerprint density at radius 1 is 1.13 bits per heavy atom. The van der Waals surface area contributed by atoms with Crippen molar-refractivity contribution in [3.63, 3.8) is 0 Å². The summed E-state index contributed by atoms with van der Waals surface area (Å²) in [5, 5.41) is 5.13. The molecule has 0 radical (unpaired) electrons. The Bertz CT molecular complexity index is 1020. The number of para-hydroxylation sites is 2. The maximum Gasteiger partial charge on any atom is 0.240 e. The lowest BCUT2D eigenvalue weighted by molar-refractivity contribution is -0.124. The number of carbonyl (C=O) groups is 2. The van der Waals surface area contributed by atoms with Gasteiger partial charge in [-0.3, -0.25) is 14.5 Å². The van der Waals surface area contributed by atoms with Gasteiger partial charge in [-0.1, -0.05) is 49.4 Å². The van der Waals surface area contributed by atoms with E-state index in [-0.39, 0.29) is 30.8 Å². The second kappa shape index (κ2) is 9.13. The van der Waals surface area contributed by atoms with E-state index in [1.165, 1.54) is 10.5 Å². The highest BCUT2D eigenvalue weighted by atomic mass is 32.1. The number of nitrogens with one attached hydrogen (secondary N) is 1. The van der Waals surface area contributed by atoms with E-state index in [9.17, 15) is 9.59 Å². The molecule has 154 valence electrons. The minimum Gasteiger partial charge on any atom is -0.491 e. The lowest BCUT2D eigenvalue weighted by atomic mass is 10.0. The topological polar surface area (TPSA) is 58.6 Å². The molecule has 3 aromatic rings. The van der Waals surface area contributed by atoms with Crippen LogP contribution >= 0.6 is 11.3 Å². The zero-order valence-electron chi connectivity index (χ0n) is 16.8. The zero-order chi connectivity index (χ0) is 20.9. The van der Waals surface area contributed by atoms with Crippen LogP contribution in [0.3, 0.4) is 0 Å². The second-order valence-corrected chi connectivity index (χ2v) is 8.14. The summed E-state index contributed by atoms with van der Waals surface area (Å²) in [5.74, 6) is 0.300. The van der Waals surface area contributed by atoms with Crippen LogP contribution < -0.4 is 15.0 Å². The SMILES string of the molecule is CCc1ccc([C@H](NC(=O)CN2C(=O)CCOc3ccccc32)c2cccs2)cc1. The molecule has 0 unspecified atom stereocenters. The van der Waals surface area contributed by atoms with Crippen molar-refractivity contribution in [1.82, 2.24) is 5.32 Å². The van der Waals surface area contributed by atoms with E-state index in [1.807, 2.05) is 41.8 Å². The molecule has 1 aromatic heterocycles. The zero-order valence-corrected chi connectivity index (χ0v) is 17.7. The van der Waals surface area contributed by atoms with E-state index in [2.05, 4.69) is 36.5 Å². The van der Waals surface area contributed by atoms with Crippen molar-refractivity contribution < 1.29 is 14.3 Å². The van der Waals surface area contributed by atoms with Gasteiger partial charge in [-0.05, 0) is 41.1 Å². The van der Waals surface area contributed by atoms with Gasteiger partial charge in [0.2, 0.25) is 11.8 Å². The van der Waals surface area contributed by atoms with Crippen LogP contribution in [0.4, 0.5) is 5.69 Å². The summed E-state index contributed by atoms with van der Waals surface area (Å²) in [6.07, 6.45) is 1.21. The van der Waals surface area contributed by atoms with E-state index in [0.29, 0.717) is 18.0 Å². The summed E-state index contributed by atoms with van der Waals surface area (Å²) in [7, 11) is 0. The van der Waals surface area contributed by atoms with Crippen LogP contribution in [-0.4, -0.2) is 25.0 Å². The van der Waals surface area contributed by atoms with Gasteiger partial charge < -0.3 is 10.1 Å². The van der Waals surface area contributed by atoms with Gasteiger partial charge in [0.25, 0.3) is 0 Å². The van der Waals surface area contributed by atoms with Crippen molar-refractivity contribution in [2.24, 2.45) is 0 Å². The Kier molecular flexibility index (Phi) is 6.14. The van der Waals surface area contributed by atoms with Crippen molar-refractivity contribution >= 4 is 28.8 Å². The average molecular weight is 421 g/mol. The normalized spacial score (nSPS) is 14.4. The summed E-state index contributed by atoms with van der Waals surface area (Å²) in [4.78, 5) is 28.2. The maximum absolute atomic E-state index is 13.0. The molecule has 6 heteroatoms. The van der Waals surface area contributed by atoms with Crippen LogP contribution in [0, 0.1) is 0 Å². The van der Waals surface area contributed by atoms with Crippen molar-refractivity contribution in [2.45, 2.75) is 25.8 Å². The molecule has 5 nitrogen and oxygen atoms in total. The number of hydrogen-bond donors (Lipinski definition) is 1. The molecule has 0 saturated carbocycles. The average Bonchev–Trinajstić information content (AvgIpc) is 3.26. The molecule has 0 spiro atoms. The highest BCUT2D eigenvalue weighted by Gasteiger charge is 2.26. The minimum atomic E-state index is -0.253. The van der Waals surface area contributed by atoms with Crippen molar-refractivity contribution in [3.05, 3.63) is 82.0 Å². The number of anilines is 1. The summed E-state index contributed by atoms with van der Waals surface area (Å²) < 4.78 is 5.67. The molecule has 0 saturated heterocycles. The Morgan fingerprint density at radius 2 is 1.93 bits per heavy atom. The summed E-state index contributed by atoms with van der Waals surface area (Å²) in [6.45, 7) is 2.39. The van der Waals surface area contributed by atoms with Gasteiger partial charge in [0, 0.05) is 4.88 Å². The monoisotopic (exact) mass is 420 g/mol. The standard InChI is InChI=1S/C24H24N2O3S/c1-2-17-9-11-18(12-10-17)24(21-8-5-15-30-21)25-22(27)16-26-19-6-3-4-7-20(19)29-14-13-23(26)28/h3-12,15,24H,2,13-14,16H2,1H3,(H,25,27)/t24-/m0/s1. The van der Waals surface area contributed by atoms with Gasteiger partial charge in [0.15, 0.2) is 0 Å². The first-order valence-electron chi connectivity index (χ1n) is 10.1. The van der Waals surface area contributed by atoms with Gasteiger partial charge in [0.1, 0.15) is 12.3 Å². The molecule has 1 aliphatic rings. The molecule has 2 amide bonds. The Balaban J connectivity index is 1.56. The Labute approximate surface area is 180 Å². The molecule has 2 heterocycles. The molecular formula is C24H24N2O3S. The maximum atomic E-state index is 13.0. The summed E-state index contributed by atoms with van der Waals surface area (Å²) in [6, 6.07) is 19.4. The number of nitrogens with zero attached hydrogens (tertiary/aromatic N) is 1. The summed E-state index contributed by atoms with van der Waals surface area (Å²) >= 11 is 1.60. The lowest BCUT2D eigenvalue weighted by Gasteiger charge is -2.24. The predicted molar refractivity (Wildman–Crippen MR) is 119 cm³/mol. The molecule has 1 N–H and O–H groups in total. The fraction of sp³-hybridized carbons (Fsp3) is 0.250. The molecule has 0 aliphatic carbocycles. The number of rotatable bonds is 6. The van der Waals surface area contributed by atoms with Crippen LogP contribution in [0.2, 0.25) is 0 Å². The number of benzene rings is 2. The minimum absolute atomic E-state index is 0.0475. The van der Waals surface area contributed by atoms with Crippen molar-refractivity contribution in [2.75, 3.05) is 18.1 Å². The number of thiophene rings is 1. The number of aryl methyl sites for hydroxylation is 1. The Hall–Kier alpha value is -3.12. The van der Waals surface area contributed by atoms with Crippen molar-refractivity contribution in [1.29, 1.82) is 0 Å². The third-order valence-electron chi connectivity index (χ3n) is 5.19. The van der Waals surface area contributed by atoms with Crippen LogP contribution in [-0.2, 0) is 16.0 Å². The van der Waals surface area contributed by atoms with E-state index in [4.69, 9.17) is 4.74 Å². The number of fused-ring (bicyclic) bond motifs is 1. The van der Waals surface area contributed by atoms with Crippen LogP contribution in [0.15, 0.2) is 66.0 Å². The fourth-order valence-electron chi connectivity index (χ4n) is 3.56. The van der Waals surface area contributed by atoms with Crippen LogP contribution in [0.1, 0.15) is 35.4 Å². The molecule has 30 heavy (non-hydrogen) atoms. The number of carbonyl (C=O) groups excluding carboxylic acids is 2. The third kappa shape index (κ3) is 4.39. The van der Waals surface area contributed by atoms with Gasteiger partial charge >= 0.3 is 0 Å². The molecule has 1 atom stereocenters. The van der Waals surface area contributed by atoms with Crippen LogP contribution in [0.25, 0.3) is 0 Å². The predicted octanol–water partition coefficient (Wildman–Crippen LogP) is 4.33. The quantitative estimate of drug-likeness (QED) is 0.646. The largest absolute Gasteiger partial charge is 0.491 e. The first-order valence-corrected chi connectivity index (χ1v) is 11.0. The second-order valence-electron chi connectivity index (χ2n) is 7.16. The highest BCUT2D eigenvalue weighted by molar-refractivity contribution is 7.10. The van der Waals surface area contributed by atoms with Crippen LogP contribution in [0.5, 0.6) is 5.75 Å². The van der Waals surface area contributed by atoms with Crippen molar-refractivity contribution in [3.8, 4) is 5.75 Å². The number of hydrogen-bond acceptors (Lipinski definition) is 4. The van der Waals surface area contributed by atoms with Gasteiger partial charge in [-0.2, -0.15) is 0 Å². The van der Waals surface area contributed by atoms with E-state index in [1.54, 1.807) is 11.3 Å². The number of ether oxygens (including phenoxy) is 1. The molecule has 4 rings (SSSR count). The molecule has 2 aromatic carbocycles. The Morgan fingerprint density at radius 3 is 2.67 bits per heavy atom. The molecule has 0 bridgehead atoms. The smallest absolute Gasteiger partial charge is 0.240 e. The number of amides is 2. The fourth-order valence-corrected chi connectivity index (χ4v) is 4.37. The highest BCUT2D eigenvalue weighted by Crippen LogP contribution is 2.31. The van der Waals surface area contributed by atoms with E-state index < -0.39 is 0 Å². The van der Waals surface area contributed by atoms with E-state index in [0.717, 1.165) is 16.9 Å². The first kappa shape index (κ1) is 20.2. The molecular weight excluding hydrogens is 396 g/mol. The van der Waals surface area contributed by atoms with Gasteiger partial charge in [-0.25, -0.2) is 0 Å². The van der Waals surface area contributed by atoms with Gasteiger partial charge in [0.05, 0.1) is 24.8 Å². The van der Waals surface area contributed by atoms with Gasteiger partial charge in [-0.15, -0.1) is 11.3 Å². The third-order valence-corrected chi connectivity index (χ3v) is 6.12. The summed E-state index contributed by atoms with van der Waals surface area (Å²) in [5.41, 5.74) is 2.91. The first-order chi connectivity index (χ1) is 14.7. The molecule has 1 aliphatic heterocycles. The molecule has 0 fully saturated rings.